The molecule has 0 saturated heterocycles. The van der Waals surface area contributed by atoms with Gasteiger partial charge in [-0.15, -0.1) is 11.3 Å². The number of nitrogens with one attached hydrogen (secondary N) is 1. The van der Waals surface area contributed by atoms with Gasteiger partial charge in [0.25, 0.3) is 5.91 Å². The Morgan fingerprint density at radius 1 is 1.52 bits per heavy atom. The molecule has 2 N–H and O–H groups in total. The van der Waals surface area contributed by atoms with E-state index in [1.807, 2.05) is 24.7 Å². The van der Waals surface area contributed by atoms with Gasteiger partial charge < -0.3 is 10.4 Å². The Balaban J connectivity index is 2.03. The van der Waals surface area contributed by atoms with Crippen LogP contribution in [0.1, 0.15) is 41.6 Å². The Bertz CT molecular complexity index is 577. The Morgan fingerprint density at radius 3 is 2.90 bits per heavy atom. The highest BCUT2D eigenvalue weighted by molar-refractivity contribution is 7.20. The molecule has 0 spiro atoms. The average Bonchev–Trinajstić information content (AvgIpc) is 2.99. The number of rotatable bonds is 7. The zero-order valence-corrected chi connectivity index (χ0v) is 13.7. The highest BCUT2D eigenvalue weighted by Crippen LogP contribution is 2.27. The number of hydrogen-bond donors (Lipinski definition) is 2. The van der Waals surface area contributed by atoms with E-state index in [9.17, 15) is 4.79 Å². The monoisotopic (exact) mass is 309 g/mol. The van der Waals surface area contributed by atoms with Crippen LogP contribution in [0.4, 0.5) is 0 Å². The Morgan fingerprint density at radius 2 is 2.29 bits per heavy atom. The normalized spacial score (nSPS) is 12.8. The second-order valence-electron chi connectivity index (χ2n) is 5.42. The summed E-state index contributed by atoms with van der Waals surface area (Å²) in [7, 11) is 1.89. The second-order valence-corrected chi connectivity index (χ2v) is 6.45. The highest BCUT2D eigenvalue weighted by atomic mass is 32.1. The third-order valence-corrected chi connectivity index (χ3v) is 4.91. The fourth-order valence-electron chi connectivity index (χ4n) is 2.58. The number of aliphatic hydroxyl groups excluding tert-OH is 1. The quantitative estimate of drug-likeness (QED) is 0.825. The van der Waals surface area contributed by atoms with Gasteiger partial charge in [0.05, 0.1) is 10.6 Å². The third kappa shape index (κ3) is 3.63. The molecular weight excluding hydrogens is 286 g/mol. The number of carbonyl (C=O) groups excluding carboxylic acids is 1. The largest absolute Gasteiger partial charge is 0.396 e. The van der Waals surface area contributed by atoms with E-state index in [0.717, 1.165) is 40.1 Å². The van der Waals surface area contributed by atoms with Crippen molar-refractivity contribution in [2.45, 2.75) is 33.1 Å². The number of aromatic nitrogens is 2. The predicted octanol–water partition coefficient (Wildman–Crippen LogP) is 2.47. The molecule has 1 unspecified atom stereocenters. The van der Waals surface area contributed by atoms with E-state index in [1.165, 1.54) is 11.3 Å². The van der Waals surface area contributed by atoms with Crippen LogP contribution in [-0.2, 0) is 7.05 Å². The first-order chi connectivity index (χ1) is 10.1. The van der Waals surface area contributed by atoms with E-state index in [4.69, 9.17) is 5.11 Å². The van der Waals surface area contributed by atoms with Crippen LogP contribution in [0, 0.1) is 12.8 Å². The van der Waals surface area contributed by atoms with Crippen LogP contribution in [0.5, 0.6) is 0 Å². The van der Waals surface area contributed by atoms with E-state index in [-0.39, 0.29) is 12.5 Å². The first-order valence-corrected chi connectivity index (χ1v) is 8.20. The number of fused-ring (bicyclic) bond motifs is 1. The van der Waals surface area contributed by atoms with Crippen molar-refractivity contribution in [3.05, 3.63) is 16.6 Å². The van der Waals surface area contributed by atoms with Crippen LogP contribution in [0.25, 0.3) is 10.2 Å². The van der Waals surface area contributed by atoms with Crippen molar-refractivity contribution in [3.63, 3.8) is 0 Å². The summed E-state index contributed by atoms with van der Waals surface area (Å²) in [4.78, 5) is 14.0. The van der Waals surface area contributed by atoms with E-state index in [0.29, 0.717) is 12.5 Å². The molecule has 6 heteroatoms. The molecule has 2 heterocycles. The van der Waals surface area contributed by atoms with E-state index >= 15 is 0 Å². The van der Waals surface area contributed by atoms with Gasteiger partial charge in [-0.1, -0.05) is 13.3 Å². The summed E-state index contributed by atoms with van der Waals surface area (Å²) < 4.78 is 1.82. The molecule has 0 bridgehead atoms. The number of amides is 1. The first kappa shape index (κ1) is 16.0. The van der Waals surface area contributed by atoms with Crippen molar-refractivity contribution < 1.29 is 9.90 Å². The summed E-state index contributed by atoms with van der Waals surface area (Å²) in [6.45, 7) is 4.87. The summed E-state index contributed by atoms with van der Waals surface area (Å²) in [6.07, 6.45) is 2.83. The standard InChI is InChI=1S/C15H23N3O2S/c1-4-5-11(6-7-19)9-16-14(20)13-8-12-10(2)17-18(3)15(12)21-13/h8,11,19H,4-7,9H2,1-3H3,(H,16,20). The van der Waals surface area contributed by atoms with Crippen molar-refractivity contribution >= 4 is 27.5 Å². The predicted molar refractivity (Wildman–Crippen MR) is 85.8 cm³/mol. The summed E-state index contributed by atoms with van der Waals surface area (Å²) in [5.74, 6) is 0.316. The van der Waals surface area contributed by atoms with Gasteiger partial charge in [-0.25, -0.2) is 0 Å². The van der Waals surface area contributed by atoms with Gasteiger partial charge in [-0.05, 0) is 31.7 Å². The minimum absolute atomic E-state index is 0.0327. The first-order valence-electron chi connectivity index (χ1n) is 7.39. The van der Waals surface area contributed by atoms with Crippen molar-refractivity contribution in [3.8, 4) is 0 Å². The smallest absolute Gasteiger partial charge is 0.261 e. The van der Waals surface area contributed by atoms with E-state index in [1.54, 1.807) is 0 Å². The molecule has 21 heavy (non-hydrogen) atoms. The van der Waals surface area contributed by atoms with Crippen LogP contribution in [0.15, 0.2) is 6.07 Å². The molecule has 2 aromatic heterocycles. The molecule has 1 amide bonds. The number of carbonyl (C=O) groups is 1. The van der Waals surface area contributed by atoms with Gasteiger partial charge in [0, 0.05) is 25.6 Å². The van der Waals surface area contributed by atoms with Crippen LogP contribution in [0.2, 0.25) is 0 Å². The van der Waals surface area contributed by atoms with Gasteiger partial charge >= 0.3 is 0 Å². The molecule has 0 saturated carbocycles. The SMILES string of the molecule is CCCC(CCO)CNC(=O)c1cc2c(C)nn(C)c2s1. The molecule has 0 fully saturated rings. The van der Waals surface area contributed by atoms with Gasteiger partial charge in [0.15, 0.2) is 0 Å². The molecule has 0 aliphatic rings. The molecule has 0 aromatic carbocycles. The summed E-state index contributed by atoms with van der Waals surface area (Å²) in [5, 5.41) is 17.4. The second kappa shape index (κ2) is 7.04. The lowest BCUT2D eigenvalue weighted by Gasteiger charge is -2.15. The lowest BCUT2D eigenvalue weighted by atomic mass is 10.0. The number of thiophene rings is 1. The third-order valence-electron chi connectivity index (χ3n) is 3.71. The number of aryl methyl sites for hydroxylation is 2. The van der Waals surface area contributed by atoms with Gasteiger partial charge in [-0.3, -0.25) is 9.48 Å². The summed E-state index contributed by atoms with van der Waals surface area (Å²) in [5.41, 5.74) is 0.951. The minimum atomic E-state index is -0.0327. The lowest BCUT2D eigenvalue weighted by Crippen LogP contribution is -2.29. The maximum Gasteiger partial charge on any atom is 0.261 e. The van der Waals surface area contributed by atoms with Crippen LogP contribution in [-0.4, -0.2) is 33.9 Å². The Hall–Kier alpha value is -1.40. The average molecular weight is 309 g/mol. The van der Waals surface area contributed by atoms with Crippen molar-refractivity contribution in [2.75, 3.05) is 13.2 Å². The molecule has 5 nitrogen and oxygen atoms in total. The molecule has 0 aliphatic heterocycles. The molecule has 116 valence electrons. The number of hydrogen-bond acceptors (Lipinski definition) is 4. The van der Waals surface area contributed by atoms with Crippen LogP contribution >= 0.6 is 11.3 Å². The highest BCUT2D eigenvalue weighted by Gasteiger charge is 2.16. The van der Waals surface area contributed by atoms with Crippen molar-refractivity contribution in [1.29, 1.82) is 0 Å². The summed E-state index contributed by atoms with van der Waals surface area (Å²) >= 11 is 1.47. The fraction of sp³-hybridized carbons (Fsp3) is 0.600. The van der Waals surface area contributed by atoms with Crippen LogP contribution < -0.4 is 5.32 Å². The van der Waals surface area contributed by atoms with Crippen molar-refractivity contribution in [1.82, 2.24) is 15.1 Å². The van der Waals surface area contributed by atoms with Crippen molar-refractivity contribution in [2.24, 2.45) is 13.0 Å². The summed E-state index contributed by atoms with van der Waals surface area (Å²) in [6, 6.07) is 1.92. The van der Waals surface area contributed by atoms with E-state index in [2.05, 4.69) is 17.3 Å². The zero-order chi connectivity index (χ0) is 15.4. The molecular formula is C15H23N3O2S. The zero-order valence-electron chi connectivity index (χ0n) is 12.8. The molecule has 0 radical (unpaired) electrons. The maximum absolute atomic E-state index is 12.3. The number of nitrogens with zero attached hydrogens (tertiary/aromatic N) is 2. The topological polar surface area (TPSA) is 67.2 Å². The fourth-order valence-corrected chi connectivity index (χ4v) is 3.62. The maximum atomic E-state index is 12.3. The van der Waals surface area contributed by atoms with Crippen LogP contribution in [0.3, 0.4) is 0 Å². The van der Waals surface area contributed by atoms with Gasteiger partial charge in [0.1, 0.15) is 4.83 Å². The van der Waals surface area contributed by atoms with Gasteiger partial charge in [-0.2, -0.15) is 5.10 Å². The molecule has 2 rings (SSSR count). The molecule has 2 aromatic rings. The molecule has 1 atom stereocenters. The van der Waals surface area contributed by atoms with E-state index < -0.39 is 0 Å². The lowest BCUT2D eigenvalue weighted by molar-refractivity contribution is 0.0947. The molecule has 0 aliphatic carbocycles. The number of aliphatic hydroxyl groups is 1. The minimum Gasteiger partial charge on any atom is -0.396 e. The van der Waals surface area contributed by atoms with Gasteiger partial charge in [0.2, 0.25) is 0 Å². The Labute approximate surface area is 129 Å². The Kier molecular flexibility index (Phi) is 5.36.